The first kappa shape index (κ1) is 16.1. The van der Waals surface area contributed by atoms with E-state index in [1.807, 2.05) is 0 Å². The molecule has 4 aliphatic rings. The average Bonchev–Trinajstić information content (AvgIpc) is 2.79. The molecule has 0 radical (unpaired) electrons. The van der Waals surface area contributed by atoms with Gasteiger partial charge >= 0.3 is 0 Å². The molecule has 4 fully saturated rings. The van der Waals surface area contributed by atoms with Crippen LogP contribution in [-0.4, -0.2) is 28.7 Å². The summed E-state index contributed by atoms with van der Waals surface area (Å²) in [6, 6.07) is 0. The first-order valence-electron chi connectivity index (χ1n) is 9.73. The van der Waals surface area contributed by atoms with Crippen LogP contribution in [0.15, 0.2) is 0 Å². The first-order valence-corrected chi connectivity index (χ1v) is 9.73. The Bertz CT molecular complexity index is 503. The van der Waals surface area contributed by atoms with Crippen LogP contribution in [-0.2, 0) is 4.79 Å². The quantitative estimate of drug-likeness (QED) is 0.780. The Morgan fingerprint density at radius 1 is 1.04 bits per heavy atom. The number of carbonyl (C=O) groups excluding carboxylic acids is 1. The monoisotopic (exact) mass is 320 g/mol. The molecule has 3 heteroatoms. The zero-order valence-corrected chi connectivity index (χ0v) is 14.6. The Hall–Kier alpha value is -0.410. The van der Waals surface area contributed by atoms with E-state index < -0.39 is 0 Å². The van der Waals surface area contributed by atoms with E-state index in [1.165, 1.54) is 19.3 Å². The van der Waals surface area contributed by atoms with Gasteiger partial charge < -0.3 is 10.2 Å². The number of fused-ring (bicyclic) bond motifs is 5. The molecule has 3 unspecified atom stereocenters. The predicted octanol–water partition coefficient (Wildman–Crippen LogP) is 3.18. The zero-order valence-electron chi connectivity index (χ0n) is 14.6. The highest BCUT2D eigenvalue weighted by Gasteiger charge is 2.62. The number of aliphatic hydroxyl groups is 2. The van der Waals surface area contributed by atoms with Crippen molar-refractivity contribution in [2.24, 2.45) is 40.4 Å². The summed E-state index contributed by atoms with van der Waals surface area (Å²) in [5.74, 6) is 2.76. The predicted molar refractivity (Wildman–Crippen MR) is 88.7 cm³/mol. The van der Waals surface area contributed by atoms with E-state index in [1.54, 1.807) is 0 Å². The summed E-state index contributed by atoms with van der Waals surface area (Å²) in [4.78, 5) is 12.8. The summed E-state index contributed by atoms with van der Waals surface area (Å²) < 4.78 is 0. The van der Waals surface area contributed by atoms with Crippen LogP contribution in [0.4, 0.5) is 0 Å². The molecule has 4 aliphatic carbocycles. The second kappa shape index (κ2) is 5.29. The third-order valence-corrected chi connectivity index (χ3v) is 8.72. The van der Waals surface area contributed by atoms with Crippen molar-refractivity contribution in [3.63, 3.8) is 0 Å². The van der Waals surface area contributed by atoms with Gasteiger partial charge in [0, 0.05) is 11.3 Å². The van der Waals surface area contributed by atoms with Gasteiger partial charge in [0.15, 0.2) is 0 Å². The van der Waals surface area contributed by atoms with Crippen LogP contribution < -0.4 is 0 Å². The van der Waals surface area contributed by atoms with Crippen molar-refractivity contribution in [3.8, 4) is 0 Å². The highest BCUT2D eigenvalue weighted by atomic mass is 16.3. The van der Waals surface area contributed by atoms with E-state index in [2.05, 4.69) is 13.8 Å². The summed E-state index contributed by atoms with van der Waals surface area (Å²) in [6.45, 7) is 4.70. The van der Waals surface area contributed by atoms with Crippen molar-refractivity contribution < 1.29 is 15.0 Å². The maximum atomic E-state index is 12.8. The van der Waals surface area contributed by atoms with Gasteiger partial charge in [-0.1, -0.05) is 13.8 Å². The Labute approximate surface area is 139 Å². The van der Waals surface area contributed by atoms with Gasteiger partial charge in [-0.25, -0.2) is 0 Å². The minimum Gasteiger partial charge on any atom is -0.396 e. The summed E-state index contributed by atoms with van der Waals surface area (Å²) in [6.07, 6.45) is 8.55. The number of ketones is 1. The first-order chi connectivity index (χ1) is 10.9. The minimum atomic E-state index is -0.175. The average molecular weight is 320 g/mol. The van der Waals surface area contributed by atoms with Crippen LogP contribution in [0.2, 0.25) is 0 Å². The lowest BCUT2D eigenvalue weighted by atomic mass is 9.45. The Morgan fingerprint density at radius 2 is 1.83 bits per heavy atom. The van der Waals surface area contributed by atoms with Gasteiger partial charge in [-0.2, -0.15) is 0 Å². The Kier molecular flexibility index (Phi) is 3.70. The molecule has 0 aromatic carbocycles. The number of rotatable bonds is 1. The topological polar surface area (TPSA) is 57.5 Å². The van der Waals surface area contributed by atoms with Gasteiger partial charge in [0.1, 0.15) is 5.78 Å². The van der Waals surface area contributed by atoms with Crippen LogP contribution in [0.3, 0.4) is 0 Å². The van der Waals surface area contributed by atoms with Gasteiger partial charge in [0.05, 0.1) is 12.7 Å². The lowest BCUT2D eigenvalue weighted by Gasteiger charge is -2.60. The second-order valence-corrected chi connectivity index (χ2v) is 9.52. The molecular weight excluding hydrogens is 288 g/mol. The Morgan fingerprint density at radius 3 is 2.57 bits per heavy atom. The maximum Gasteiger partial charge on any atom is 0.144 e. The molecule has 130 valence electrons. The second-order valence-electron chi connectivity index (χ2n) is 9.52. The molecule has 0 saturated heterocycles. The van der Waals surface area contributed by atoms with Crippen molar-refractivity contribution in [1.82, 2.24) is 0 Å². The standard InChI is InChI=1S/C20H32O3/c1-19-7-5-14(22)10-13(19)3-4-15-16(19)6-8-20(2)17(15)9-12(11-21)18(20)23/h12-17,21-22H,3-11H2,1-2H3/t12?,13?,14?,15-,16+,17+,19+,20+/m1/s1. The van der Waals surface area contributed by atoms with E-state index in [0.29, 0.717) is 29.0 Å². The smallest absolute Gasteiger partial charge is 0.144 e. The molecule has 4 saturated carbocycles. The van der Waals surface area contributed by atoms with E-state index >= 15 is 0 Å². The molecule has 0 amide bonds. The molecule has 2 N–H and O–H groups in total. The van der Waals surface area contributed by atoms with Gasteiger partial charge in [-0.3, -0.25) is 4.79 Å². The van der Waals surface area contributed by atoms with Crippen molar-refractivity contribution >= 4 is 5.78 Å². The van der Waals surface area contributed by atoms with E-state index in [9.17, 15) is 15.0 Å². The molecule has 8 atom stereocenters. The molecule has 0 aromatic heterocycles. The molecule has 0 aromatic rings. The summed E-state index contributed by atoms with van der Waals surface area (Å²) in [5, 5.41) is 19.7. The summed E-state index contributed by atoms with van der Waals surface area (Å²) >= 11 is 0. The molecule has 0 bridgehead atoms. The van der Waals surface area contributed by atoms with Crippen LogP contribution >= 0.6 is 0 Å². The fraction of sp³-hybridized carbons (Fsp3) is 0.950. The third kappa shape index (κ3) is 2.12. The van der Waals surface area contributed by atoms with E-state index in [4.69, 9.17) is 0 Å². The van der Waals surface area contributed by atoms with Gasteiger partial charge in [0.25, 0.3) is 0 Å². The van der Waals surface area contributed by atoms with Crippen molar-refractivity contribution in [2.75, 3.05) is 6.61 Å². The van der Waals surface area contributed by atoms with E-state index in [-0.39, 0.29) is 24.0 Å². The SMILES string of the molecule is C[C@]12CCC(O)CC1CC[C@@H]1[C@@H]2CC[C@]2(C)C(=O)C(CO)C[C@@H]12. The molecular formula is C20H32O3. The minimum absolute atomic E-state index is 0.0361. The van der Waals surface area contributed by atoms with Crippen LogP contribution in [0.5, 0.6) is 0 Å². The number of hydrogen-bond donors (Lipinski definition) is 2. The van der Waals surface area contributed by atoms with E-state index in [0.717, 1.165) is 38.0 Å². The number of carbonyl (C=O) groups is 1. The summed E-state index contributed by atoms with van der Waals surface area (Å²) in [5.41, 5.74) is 0.190. The van der Waals surface area contributed by atoms with Gasteiger partial charge in [-0.15, -0.1) is 0 Å². The molecule has 0 heterocycles. The fourth-order valence-corrected chi connectivity index (χ4v) is 7.33. The molecule has 0 spiro atoms. The van der Waals surface area contributed by atoms with Crippen LogP contribution in [0.1, 0.15) is 65.2 Å². The molecule has 3 nitrogen and oxygen atoms in total. The lowest BCUT2D eigenvalue weighted by molar-refractivity contribution is -0.143. The van der Waals surface area contributed by atoms with Gasteiger partial charge in [-0.05, 0) is 80.5 Å². The number of Topliss-reactive ketones (excluding diaryl/α,β-unsaturated/α-hetero) is 1. The summed E-state index contributed by atoms with van der Waals surface area (Å²) in [7, 11) is 0. The Balaban J connectivity index is 1.63. The highest BCUT2D eigenvalue weighted by Crippen LogP contribution is 2.66. The molecule has 4 rings (SSSR count). The van der Waals surface area contributed by atoms with Gasteiger partial charge in [0.2, 0.25) is 0 Å². The highest BCUT2D eigenvalue weighted by molar-refractivity contribution is 5.89. The maximum absolute atomic E-state index is 12.8. The third-order valence-electron chi connectivity index (χ3n) is 8.72. The van der Waals surface area contributed by atoms with Crippen LogP contribution in [0.25, 0.3) is 0 Å². The number of hydrogen-bond acceptors (Lipinski definition) is 3. The van der Waals surface area contributed by atoms with Crippen molar-refractivity contribution in [1.29, 1.82) is 0 Å². The van der Waals surface area contributed by atoms with Crippen molar-refractivity contribution in [2.45, 2.75) is 71.3 Å². The lowest BCUT2D eigenvalue weighted by Crippen LogP contribution is -2.54. The fourth-order valence-electron chi connectivity index (χ4n) is 7.33. The molecule has 0 aliphatic heterocycles. The van der Waals surface area contributed by atoms with Crippen molar-refractivity contribution in [3.05, 3.63) is 0 Å². The normalized spacial score (nSPS) is 55.9. The zero-order chi connectivity index (χ0) is 16.4. The number of aliphatic hydroxyl groups excluding tert-OH is 2. The molecule has 23 heavy (non-hydrogen) atoms. The largest absolute Gasteiger partial charge is 0.396 e. The van der Waals surface area contributed by atoms with Crippen LogP contribution in [0, 0.1) is 40.4 Å².